The summed E-state index contributed by atoms with van der Waals surface area (Å²) in [5.41, 5.74) is 4.25. The van der Waals surface area contributed by atoms with Crippen LogP contribution in [0.4, 0.5) is 5.69 Å². The van der Waals surface area contributed by atoms with Crippen molar-refractivity contribution in [3.63, 3.8) is 0 Å². The number of para-hydroxylation sites is 1. The molecule has 0 saturated heterocycles. The number of benzene rings is 2. The molecule has 1 unspecified atom stereocenters. The van der Waals surface area contributed by atoms with Crippen LogP contribution >= 0.6 is 11.6 Å². The molecule has 1 heterocycles. The highest BCUT2D eigenvalue weighted by atomic mass is 35.5. The molecule has 2 aromatic rings. The van der Waals surface area contributed by atoms with Crippen molar-refractivity contribution in [1.82, 2.24) is 0 Å². The van der Waals surface area contributed by atoms with Crippen LogP contribution < -0.4 is 4.90 Å². The molecule has 4 rings (SSSR count). The van der Waals surface area contributed by atoms with Crippen LogP contribution in [0, 0.1) is 12.3 Å². The zero-order chi connectivity index (χ0) is 20.1. The molecule has 1 aliphatic heterocycles. The molecule has 2 aromatic carbocycles. The highest BCUT2D eigenvalue weighted by Crippen LogP contribution is 2.49. The second kappa shape index (κ2) is 6.89. The van der Waals surface area contributed by atoms with Gasteiger partial charge >= 0.3 is 0 Å². The minimum Gasteiger partial charge on any atom is -0.294 e. The lowest BCUT2D eigenvalue weighted by Crippen LogP contribution is -2.44. The predicted octanol–water partition coefficient (Wildman–Crippen LogP) is 5.81. The molecule has 0 spiro atoms. The first-order chi connectivity index (χ1) is 13.3. The van der Waals surface area contributed by atoms with Crippen molar-refractivity contribution in [2.24, 2.45) is 5.41 Å². The zero-order valence-corrected chi connectivity index (χ0v) is 17.2. The predicted molar refractivity (Wildman–Crippen MR) is 113 cm³/mol. The van der Waals surface area contributed by atoms with Crippen LogP contribution in [-0.2, 0) is 9.59 Å². The Labute approximate surface area is 171 Å². The van der Waals surface area contributed by atoms with E-state index >= 15 is 0 Å². The van der Waals surface area contributed by atoms with Crippen LogP contribution in [0.5, 0.6) is 0 Å². The molecule has 4 heteroatoms. The Morgan fingerprint density at radius 3 is 2.39 bits per heavy atom. The molecule has 0 saturated carbocycles. The number of carbonyl (C=O) groups is 2. The molecule has 1 aliphatic carbocycles. The quantitative estimate of drug-likeness (QED) is 0.645. The minimum absolute atomic E-state index is 0.00870. The van der Waals surface area contributed by atoms with Gasteiger partial charge in [0, 0.05) is 30.0 Å². The number of ketones is 1. The average Bonchev–Trinajstić information content (AvgIpc) is 2.61. The van der Waals surface area contributed by atoms with E-state index in [0.717, 1.165) is 22.4 Å². The van der Waals surface area contributed by atoms with Gasteiger partial charge in [0.25, 0.3) is 0 Å². The number of Topliss-reactive ketones (excluding diaryl/α,β-unsaturated/α-hetero) is 1. The van der Waals surface area contributed by atoms with E-state index in [2.05, 4.69) is 13.8 Å². The SMILES string of the molecule is Cc1ccccc1C1CC(=O)N(c2ccccc2Cl)C2=C1C(=O)CC(C)(C)C2. The smallest absolute Gasteiger partial charge is 0.232 e. The van der Waals surface area contributed by atoms with Crippen LogP contribution in [0.2, 0.25) is 5.02 Å². The minimum atomic E-state index is -0.191. The van der Waals surface area contributed by atoms with Gasteiger partial charge in [0.05, 0.1) is 10.7 Å². The molecule has 0 aromatic heterocycles. The fourth-order valence-corrected chi connectivity index (χ4v) is 4.79. The number of anilines is 1. The summed E-state index contributed by atoms with van der Waals surface area (Å²) in [5, 5.41) is 0.521. The summed E-state index contributed by atoms with van der Waals surface area (Å²) in [6.07, 6.45) is 1.45. The van der Waals surface area contributed by atoms with Gasteiger partial charge in [-0.05, 0) is 42.0 Å². The standard InChI is InChI=1S/C24H24ClNO2/c1-15-8-4-5-9-16(15)17-12-22(28)26(19-11-7-6-10-18(19)25)20-13-24(2,3)14-21(27)23(17)20/h4-11,17H,12-14H2,1-3H3. The fourth-order valence-electron chi connectivity index (χ4n) is 4.57. The van der Waals surface area contributed by atoms with Crippen LogP contribution in [-0.4, -0.2) is 11.7 Å². The number of halogens is 1. The second-order valence-electron chi connectivity index (χ2n) is 8.60. The molecule has 3 nitrogen and oxygen atoms in total. The second-order valence-corrected chi connectivity index (χ2v) is 9.00. The van der Waals surface area contributed by atoms with E-state index in [-0.39, 0.29) is 29.4 Å². The van der Waals surface area contributed by atoms with Crippen molar-refractivity contribution < 1.29 is 9.59 Å². The normalized spacial score (nSPS) is 21.7. The van der Waals surface area contributed by atoms with Gasteiger partial charge < -0.3 is 0 Å². The number of carbonyl (C=O) groups excluding carboxylic acids is 2. The molecular weight excluding hydrogens is 370 g/mol. The lowest BCUT2D eigenvalue weighted by molar-refractivity contribution is -0.121. The molecule has 144 valence electrons. The van der Waals surface area contributed by atoms with E-state index in [1.807, 2.05) is 49.4 Å². The van der Waals surface area contributed by atoms with E-state index in [0.29, 0.717) is 23.6 Å². The summed E-state index contributed by atoms with van der Waals surface area (Å²) in [7, 11) is 0. The summed E-state index contributed by atoms with van der Waals surface area (Å²) in [6.45, 7) is 6.21. The van der Waals surface area contributed by atoms with Crippen molar-refractivity contribution in [2.45, 2.75) is 46.0 Å². The van der Waals surface area contributed by atoms with Gasteiger partial charge in [0.2, 0.25) is 5.91 Å². The number of amides is 1. The van der Waals surface area contributed by atoms with E-state index in [1.165, 1.54) is 0 Å². The number of allylic oxidation sites excluding steroid dienone is 2. The van der Waals surface area contributed by atoms with Crippen molar-refractivity contribution in [3.05, 3.63) is 76.0 Å². The summed E-state index contributed by atoms with van der Waals surface area (Å²) in [5.74, 6) is -0.0549. The summed E-state index contributed by atoms with van der Waals surface area (Å²) in [6, 6.07) is 15.4. The van der Waals surface area contributed by atoms with Crippen LogP contribution in [0.3, 0.4) is 0 Å². The molecule has 0 N–H and O–H groups in total. The lowest BCUT2D eigenvalue weighted by Gasteiger charge is -2.43. The Balaban J connectivity index is 1.94. The van der Waals surface area contributed by atoms with Gasteiger partial charge in [-0.25, -0.2) is 0 Å². The third-order valence-electron chi connectivity index (χ3n) is 5.80. The number of hydrogen-bond donors (Lipinski definition) is 0. The number of nitrogens with zero attached hydrogens (tertiary/aromatic N) is 1. The first-order valence-corrected chi connectivity index (χ1v) is 10.1. The maximum atomic E-state index is 13.3. The van der Waals surface area contributed by atoms with Gasteiger partial charge in [-0.2, -0.15) is 0 Å². The Morgan fingerprint density at radius 1 is 1.00 bits per heavy atom. The largest absolute Gasteiger partial charge is 0.294 e. The lowest BCUT2D eigenvalue weighted by atomic mass is 9.69. The van der Waals surface area contributed by atoms with Crippen molar-refractivity contribution >= 4 is 29.0 Å². The van der Waals surface area contributed by atoms with Crippen LogP contribution in [0.25, 0.3) is 0 Å². The van der Waals surface area contributed by atoms with Crippen LogP contribution in [0.1, 0.15) is 50.2 Å². The molecule has 28 heavy (non-hydrogen) atoms. The molecule has 1 atom stereocenters. The average molecular weight is 394 g/mol. The Kier molecular flexibility index (Phi) is 4.67. The number of hydrogen-bond acceptors (Lipinski definition) is 2. The number of aryl methyl sites for hydroxylation is 1. The molecular formula is C24H24ClNO2. The monoisotopic (exact) mass is 393 g/mol. The molecule has 1 amide bonds. The summed E-state index contributed by atoms with van der Waals surface area (Å²) >= 11 is 6.44. The zero-order valence-electron chi connectivity index (χ0n) is 16.5. The highest BCUT2D eigenvalue weighted by molar-refractivity contribution is 6.34. The van der Waals surface area contributed by atoms with Gasteiger partial charge in [-0.15, -0.1) is 0 Å². The van der Waals surface area contributed by atoms with E-state index < -0.39 is 0 Å². The maximum absolute atomic E-state index is 13.3. The maximum Gasteiger partial charge on any atom is 0.232 e. The third kappa shape index (κ3) is 3.18. The molecule has 0 bridgehead atoms. The van der Waals surface area contributed by atoms with E-state index in [1.54, 1.807) is 11.0 Å². The topological polar surface area (TPSA) is 37.4 Å². The highest BCUT2D eigenvalue weighted by Gasteiger charge is 2.44. The first-order valence-electron chi connectivity index (χ1n) is 9.68. The Bertz CT molecular complexity index is 1010. The number of rotatable bonds is 2. The molecule has 0 fully saturated rings. The first kappa shape index (κ1) is 18.9. The van der Waals surface area contributed by atoms with Crippen molar-refractivity contribution in [1.29, 1.82) is 0 Å². The Hall–Kier alpha value is -2.39. The summed E-state index contributed by atoms with van der Waals surface area (Å²) < 4.78 is 0. The molecule has 0 radical (unpaired) electrons. The fraction of sp³-hybridized carbons (Fsp3) is 0.333. The van der Waals surface area contributed by atoms with Gasteiger partial charge in [-0.3, -0.25) is 14.5 Å². The van der Waals surface area contributed by atoms with Gasteiger partial charge in [0.15, 0.2) is 5.78 Å². The molecule has 2 aliphatic rings. The van der Waals surface area contributed by atoms with Crippen molar-refractivity contribution in [2.75, 3.05) is 4.90 Å². The van der Waals surface area contributed by atoms with Gasteiger partial charge in [0.1, 0.15) is 0 Å². The summed E-state index contributed by atoms with van der Waals surface area (Å²) in [4.78, 5) is 28.3. The van der Waals surface area contributed by atoms with Gasteiger partial charge in [-0.1, -0.05) is 61.8 Å². The van der Waals surface area contributed by atoms with Crippen molar-refractivity contribution in [3.8, 4) is 0 Å². The van der Waals surface area contributed by atoms with E-state index in [9.17, 15) is 9.59 Å². The van der Waals surface area contributed by atoms with E-state index in [4.69, 9.17) is 11.6 Å². The Morgan fingerprint density at radius 2 is 1.68 bits per heavy atom. The third-order valence-corrected chi connectivity index (χ3v) is 6.12. The van der Waals surface area contributed by atoms with Crippen LogP contribution in [0.15, 0.2) is 59.8 Å².